The van der Waals surface area contributed by atoms with E-state index in [0.717, 1.165) is 45.6 Å². The number of pyridine rings is 1. The molecule has 6 nitrogen and oxygen atoms in total. The molecule has 32 heavy (non-hydrogen) atoms. The van der Waals surface area contributed by atoms with Gasteiger partial charge < -0.3 is 15.7 Å². The molecule has 1 saturated heterocycles. The second-order valence-electron chi connectivity index (χ2n) is 7.86. The van der Waals surface area contributed by atoms with Crippen LogP contribution in [0.2, 0.25) is 0 Å². The third kappa shape index (κ3) is 4.36. The number of aromatic amines is 2. The van der Waals surface area contributed by atoms with E-state index in [0.29, 0.717) is 43.0 Å². The van der Waals surface area contributed by atoms with Crippen molar-refractivity contribution in [2.45, 2.75) is 40.2 Å². The number of aryl methyl sites for hydroxylation is 1. The highest BCUT2D eigenvalue weighted by Crippen LogP contribution is 2.31. The number of imidazole rings is 1. The van der Waals surface area contributed by atoms with Gasteiger partial charge in [-0.2, -0.15) is 8.78 Å². The summed E-state index contributed by atoms with van der Waals surface area (Å²) in [7, 11) is 0. The summed E-state index contributed by atoms with van der Waals surface area (Å²) in [5, 5.41) is 1.09. The van der Waals surface area contributed by atoms with Crippen LogP contribution in [-0.4, -0.2) is 37.9 Å². The minimum absolute atomic E-state index is 0.300. The Morgan fingerprint density at radius 3 is 2.53 bits per heavy atom. The Balaban J connectivity index is 0.00000119. The molecule has 1 aromatic carbocycles. The molecule has 4 aromatic rings. The fourth-order valence-electron chi connectivity index (χ4n) is 4.19. The number of fused-ring (bicyclic) bond motifs is 2. The zero-order valence-electron chi connectivity index (χ0n) is 18.6. The standard InChI is InChI=1S/C22H22F2N6.C2H6/c1-12-26-20-16(10-19(25)29-22(20)27-12)18-9-15-8-13(2-3-17(15)28-18)11-30-6-4-14(5-7-30)21(23)24;1-2/h2-3,8-10,28H,4-7,11H2,1H3,(H3,25,26,27,29);1-2H3. The van der Waals surface area contributed by atoms with Gasteiger partial charge in [-0.15, -0.1) is 0 Å². The van der Waals surface area contributed by atoms with Crippen LogP contribution in [0, 0.1) is 6.92 Å². The van der Waals surface area contributed by atoms with Crippen molar-refractivity contribution in [3.05, 3.63) is 53.4 Å². The molecule has 0 aliphatic carbocycles. The van der Waals surface area contributed by atoms with Crippen molar-refractivity contribution in [2.24, 2.45) is 0 Å². The largest absolute Gasteiger partial charge is 0.384 e. The molecule has 0 atom stereocenters. The van der Waals surface area contributed by atoms with Gasteiger partial charge in [-0.3, -0.25) is 4.90 Å². The predicted octanol–water partition coefficient (Wildman–Crippen LogP) is 5.77. The summed E-state index contributed by atoms with van der Waals surface area (Å²) in [6, 6.07) is 10.2. The van der Waals surface area contributed by atoms with Gasteiger partial charge in [-0.25, -0.2) is 9.97 Å². The van der Waals surface area contributed by atoms with Gasteiger partial charge in [-0.05, 0) is 55.2 Å². The number of anilines is 1. The van der Waals surface area contributed by atoms with Gasteiger partial charge in [0, 0.05) is 41.8 Å². The van der Waals surface area contributed by atoms with Gasteiger partial charge in [-0.1, -0.05) is 19.9 Å². The lowest BCUT2D eigenvalue weighted by Crippen LogP contribution is -2.30. The number of piperidine rings is 1. The maximum Gasteiger partial charge on any atom is 0.269 e. The van der Waals surface area contributed by atoms with Crippen molar-refractivity contribution < 1.29 is 8.78 Å². The van der Waals surface area contributed by atoms with Crippen LogP contribution in [0.1, 0.15) is 38.1 Å². The van der Waals surface area contributed by atoms with E-state index >= 15 is 0 Å². The Bertz CT molecular complexity index is 1270. The summed E-state index contributed by atoms with van der Waals surface area (Å²) < 4.78 is 25.5. The number of nitrogens with two attached hydrogens (primary N) is 1. The highest BCUT2D eigenvalue weighted by atomic mass is 19.3. The van der Waals surface area contributed by atoms with Gasteiger partial charge in [0.05, 0.1) is 5.52 Å². The van der Waals surface area contributed by atoms with Crippen molar-refractivity contribution >= 4 is 27.9 Å². The highest BCUT2D eigenvalue weighted by Gasteiger charge is 2.18. The molecule has 4 heterocycles. The topological polar surface area (TPSA) is 86.6 Å². The molecule has 1 aliphatic rings. The lowest BCUT2D eigenvalue weighted by molar-refractivity contribution is 0.240. The Hall–Kier alpha value is -3.26. The molecule has 4 N–H and O–H groups in total. The van der Waals surface area contributed by atoms with E-state index in [1.54, 1.807) is 0 Å². The van der Waals surface area contributed by atoms with Gasteiger partial charge in [0.2, 0.25) is 0 Å². The van der Waals surface area contributed by atoms with E-state index in [1.807, 2.05) is 26.8 Å². The van der Waals surface area contributed by atoms with Crippen molar-refractivity contribution in [1.82, 2.24) is 24.8 Å². The van der Waals surface area contributed by atoms with Crippen LogP contribution in [-0.2, 0) is 6.54 Å². The van der Waals surface area contributed by atoms with Crippen LogP contribution < -0.4 is 5.73 Å². The van der Waals surface area contributed by atoms with Crippen LogP contribution in [0.15, 0.2) is 42.0 Å². The maximum atomic E-state index is 12.8. The van der Waals surface area contributed by atoms with Crippen LogP contribution >= 0.6 is 0 Å². The number of nitrogen functional groups attached to an aromatic ring is 1. The first kappa shape index (κ1) is 22.0. The zero-order valence-corrected chi connectivity index (χ0v) is 18.6. The molecule has 0 unspecified atom stereocenters. The van der Waals surface area contributed by atoms with E-state index < -0.39 is 6.08 Å². The summed E-state index contributed by atoms with van der Waals surface area (Å²) in [5.41, 5.74) is 11.8. The monoisotopic (exact) mass is 438 g/mol. The minimum Gasteiger partial charge on any atom is -0.384 e. The predicted molar refractivity (Wildman–Crippen MR) is 125 cm³/mol. The number of rotatable bonds is 3. The molecule has 0 amide bonds. The molecule has 8 heteroatoms. The molecule has 5 rings (SSSR count). The number of hydrogen-bond acceptors (Lipinski definition) is 4. The molecule has 1 fully saturated rings. The van der Waals surface area contributed by atoms with Gasteiger partial charge in [0.1, 0.15) is 11.6 Å². The van der Waals surface area contributed by atoms with Gasteiger partial charge in [0.25, 0.3) is 6.08 Å². The van der Waals surface area contributed by atoms with E-state index in [2.05, 4.69) is 49.1 Å². The average Bonchev–Trinajstić information content (AvgIpc) is 3.37. The van der Waals surface area contributed by atoms with Crippen molar-refractivity contribution in [2.75, 3.05) is 18.8 Å². The normalized spacial score (nSPS) is 14.6. The van der Waals surface area contributed by atoms with Crippen LogP contribution in [0.4, 0.5) is 14.6 Å². The van der Waals surface area contributed by atoms with Crippen molar-refractivity contribution in [3.63, 3.8) is 0 Å². The average molecular weight is 439 g/mol. The maximum absolute atomic E-state index is 12.8. The Labute approximate surface area is 185 Å². The summed E-state index contributed by atoms with van der Waals surface area (Å²) in [6.07, 6.45) is -0.613. The zero-order chi connectivity index (χ0) is 22.8. The number of H-pyrrole nitrogens is 2. The molecule has 3 aromatic heterocycles. The quantitative estimate of drug-likeness (QED) is 0.379. The fraction of sp³-hybridized carbons (Fsp3) is 0.333. The molecule has 168 valence electrons. The Morgan fingerprint density at radius 1 is 1.06 bits per heavy atom. The van der Waals surface area contributed by atoms with E-state index in [4.69, 9.17) is 5.73 Å². The number of likely N-dealkylation sites (tertiary alicyclic amines) is 1. The first-order valence-electron chi connectivity index (χ1n) is 11.0. The van der Waals surface area contributed by atoms with E-state index in [-0.39, 0.29) is 0 Å². The van der Waals surface area contributed by atoms with Gasteiger partial charge in [0.15, 0.2) is 5.65 Å². The number of nitrogens with zero attached hydrogens (tertiary/aromatic N) is 3. The Kier molecular flexibility index (Phi) is 6.23. The number of aromatic nitrogens is 4. The molecular weight excluding hydrogens is 410 g/mol. The molecule has 0 radical (unpaired) electrons. The fourth-order valence-corrected chi connectivity index (χ4v) is 4.19. The van der Waals surface area contributed by atoms with Crippen molar-refractivity contribution in [3.8, 4) is 11.3 Å². The summed E-state index contributed by atoms with van der Waals surface area (Å²) in [6.45, 7) is 7.97. The lowest BCUT2D eigenvalue weighted by atomic mass is 10.0. The van der Waals surface area contributed by atoms with Crippen LogP contribution in [0.25, 0.3) is 33.3 Å². The minimum atomic E-state index is -1.51. The molecule has 0 bridgehead atoms. The van der Waals surface area contributed by atoms with Crippen LogP contribution in [0.5, 0.6) is 0 Å². The molecular formula is C24H28F2N6. The smallest absolute Gasteiger partial charge is 0.269 e. The SMILES string of the molecule is CC.Cc1nc2nc(N)cc(-c3cc4cc(CN5CCC(=C(F)F)CC5)ccc4[nH]3)c2[nH]1. The third-order valence-electron chi connectivity index (χ3n) is 5.71. The first-order valence-corrected chi connectivity index (χ1v) is 11.0. The lowest BCUT2D eigenvalue weighted by Gasteiger charge is -2.27. The first-order chi connectivity index (χ1) is 15.5. The van der Waals surface area contributed by atoms with Crippen LogP contribution in [0.3, 0.4) is 0 Å². The highest BCUT2D eigenvalue weighted by molar-refractivity contribution is 5.95. The third-order valence-corrected chi connectivity index (χ3v) is 5.71. The summed E-state index contributed by atoms with van der Waals surface area (Å²) >= 11 is 0. The summed E-state index contributed by atoms with van der Waals surface area (Å²) in [5.74, 6) is 1.21. The van der Waals surface area contributed by atoms with E-state index in [9.17, 15) is 8.78 Å². The molecule has 0 spiro atoms. The van der Waals surface area contributed by atoms with E-state index in [1.165, 1.54) is 0 Å². The number of hydrogen-bond donors (Lipinski definition) is 3. The number of nitrogens with one attached hydrogen (secondary N) is 2. The second-order valence-corrected chi connectivity index (χ2v) is 7.86. The second kappa shape index (κ2) is 9.08. The summed E-state index contributed by atoms with van der Waals surface area (Å²) in [4.78, 5) is 17.6. The molecule has 0 saturated carbocycles. The Morgan fingerprint density at radius 2 is 1.81 bits per heavy atom. The van der Waals surface area contributed by atoms with Gasteiger partial charge >= 0.3 is 0 Å². The molecule has 1 aliphatic heterocycles. The van der Waals surface area contributed by atoms with Crippen molar-refractivity contribution in [1.29, 1.82) is 0 Å². The number of benzene rings is 1. The number of halogens is 2.